The maximum atomic E-state index is 12.2. The van der Waals surface area contributed by atoms with E-state index in [2.05, 4.69) is 10.1 Å². The first-order valence-corrected chi connectivity index (χ1v) is 5.00. The van der Waals surface area contributed by atoms with Gasteiger partial charge in [0.1, 0.15) is 5.69 Å². The summed E-state index contributed by atoms with van der Waals surface area (Å²) in [5, 5.41) is 11.4. The van der Waals surface area contributed by atoms with E-state index in [1.165, 1.54) is 13.2 Å². The van der Waals surface area contributed by atoms with Crippen LogP contribution in [0.5, 0.6) is 0 Å². The number of amidine groups is 1. The summed E-state index contributed by atoms with van der Waals surface area (Å²) in [6, 6.07) is 3.15. The van der Waals surface area contributed by atoms with Crippen LogP contribution >= 0.6 is 0 Å². The van der Waals surface area contributed by atoms with Crippen LogP contribution in [0.1, 0.15) is 11.3 Å². The van der Waals surface area contributed by atoms with Gasteiger partial charge in [0.15, 0.2) is 5.84 Å². The number of nitrogens with zero attached hydrogens (tertiary/aromatic N) is 3. The summed E-state index contributed by atoms with van der Waals surface area (Å²) in [5.41, 5.74) is 6.03. The van der Waals surface area contributed by atoms with Crippen LogP contribution in [0.4, 0.5) is 13.2 Å². The van der Waals surface area contributed by atoms with Gasteiger partial charge in [-0.2, -0.15) is 13.2 Å². The molecule has 0 atom stereocenters. The molecule has 0 saturated carbocycles. The van der Waals surface area contributed by atoms with Crippen LogP contribution in [0.3, 0.4) is 0 Å². The van der Waals surface area contributed by atoms with Crippen LogP contribution in [-0.2, 0) is 6.54 Å². The normalized spacial score (nSPS) is 13.1. The fourth-order valence-corrected chi connectivity index (χ4v) is 1.50. The van der Waals surface area contributed by atoms with E-state index < -0.39 is 12.7 Å². The van der Waals surface area contributed by atoms with Crippen LogP contribution in [0.25, 0.3) is 0 Å². The Bertz CT molecular complexity index is 433. The summed E-state index contributed by atoms with van der Waals surface area (Å²) in [6.07, 6.45) is -2.85. The van der Waals surface area contributed by atoms with Gasteiger partial charge in [0.05, 0.1) is 6.54 Å². The summed E-state index contributed by atoms with van der Waals surface area (Å²) in [7, 11) is 1.33. The molecular formula is C10H13F3N4O. The van der Waals surface area contributed by atoms with Crippen molar-refractivity contribution in [3.05, 3.63) is 29.6 Å². The molecular weight excluding hydrogens is 249 g/mol. The molecule has 8 heteroatoms. The van der Waals surface area contributed by atoms with Gasteiger partial charge in [-0.1, -0.05) is 11.2 Å². The average molecular weight is 262 g/mol. The lowest BCUT2D eigenvalue weighted by molar-refractivity contribution is -0.144. The highest BCUT2D eigenvalue weighted by atomic mass is 19.4. The molecule has 5 nitrogen and oxygen atoms in total. The summed E-state index contributed by atoms with van der Waals surface area (Å²) < 4.78 is 36.6. The van der Waals surface area contributed by atoms with Crippen molar-refractivity contribution in [2.45, 2.75) is 12.7 Å². The van der Waals surface area contributed by atoms with Gasteiger partial charge in [0, 0.05) is 12.7 Å². The van der Waals surface area contributed by atoms with Gasteiger partial charge in [-0.15, -0.1) is 0 Å². The van der Waals surface area contributed by atoms with E-state index in [1.54, 1.807) is 12.1 Å². The zero-order valence-corrected chi connectivity index (χ0v) is 9.65. The summed E-state index contributed by atoms with van der Waals surface area (Å²) in [6.45, 7) is -1.05. The number of aromatic nitrogens is 1. The third kappa shape index (κ3) is 4.21. The highest BCUT2D eigenvalue weighted by Crippen LogP contribution is 2.17. The number of pyridine rings is 1. The molecule has 0 aliphatic carbocycles. The minimum absolute atomic E-state index is 0.00109. The smallest absolute Gasteiger partial charge is 0.401 e. The number of hydrogen-bond donors (Lipinski definition) is 2. The van der Waals surface area contributed by atoms with Crippen LogP contribution in [0.15, 0.2) is 23.5 Å². The lowest BCUT2D eigenvalue weighted by atomic mass is 10.1. The number of halogens is 3. The predicted molar refractivity (Wildman–Crippen MR) is 59.1 cm³/mol. The van der Waals surface area contributed by atoms with Gasteiger partial charge in [-0.3, -0.25) is 9.88 Å². The van der Waals surface area contributed by atoms with E-state index in [-0.39, 0.29) is 18.1 Å². The highest BCUT2D eigenvalue weighted by Gasteiger charge is 2.29. The highest BCUT2D eigenvalue weighted by molar-refractivity contribution is 5.96. The van der Waals surface area contributed by atoms with Gasteiger partial charge in [-0.05, 0) is 18.7 Å². The van der Waals surface area contributed by atoms with Crippen molar-refractivity contribution in [3.63, 3.8) is 0 Å². The third-order valence-corrected chi connectivity index (χ3v) is 2.13. The maximum absolute atomic E-state index is 12.2. The zero-order valence-electron chi connectivity index (χ0n) is 9.65. The minimum Gasteiger partial charge on any atom is -0.409 e. The van der Waals surface area contributed by atoms with Crippen molar-refractivity contribution in [3.8, 4) is 0 Å². The second-order valence-corrected chi connectivity index (χ2v) is 3.78. The SMILES string of the molecule is CN(Cc1cccnc1/C(N)=N/O)CC(F)(F)F. The first-order chi connectivity index (χ1) is 8.33. The molecule has 0 aromatic carbocycles. The number of rotatable bonds is 4. The van der Waals surface area contributed by atoms with Crippen molar-refractivity contribution in [2.75, 3.05) is 13.6 Å². The molecule has 100 valence electrons. The molecule has 0 unspecified atom stereocenters. The summed E-state index contributed by atoms with van der Waals surface area (Å²) in [4.78, 5) is 4.95. The third-order valence-electron chi connectivity index (χ3n) is 2.13. The molecule has 1 aromatic rings. The number of alkyl halides is 3. The Morgan fingerprint density at radius 2 is 2.22 bits per heavy atom. The van der Waals surface area contributed by atoms with Crippen molar-refractivity contribution in [1.29, 1.82) is 0 Å². The Hall–Kier alpha value is -1.83. The molecule has 1 aromatic heterocycles. The Morgan fingerprint density at radius 1 is 1.56 bits per heavy atom. The second-order valence-electron chi connectivity index (χ2n) is 3.78. The van der Waals surface area contributed by atoms with Gasteiger partial charge in [0.25, 0.3) is 0 Å². The largest absolute Gasteiger partial charge is 0.409 e. The molecule has 0 bridgehead atoms. The van der Waals surface area contributed by atoms with E-state index in [1.807, 2.05) is 0 Å². The lowest BCUT2D eigenvalue weighted by Gasteiger charge is -2.19. The number of nitrogens with two attached hydrogens (primary N) is 1. The van der Waals surface area contributed by atoms with Gasteiger partial charge < -0.3 is 10.9 Å². The van der Waals surface area contributed by atoms with Gasteiger partial charge >= 0.3 is 6.18 Å². The molecule has 0 aliphatic rings. The first kappa shape index (κ1) is 14.2. The Balaban J connectivity index is 2.85. The summed E-state index contributed by atoms with van der Waals surface area (Å²) in [5.74, 6) is -0.231. The van der Waals surface area contributed by atoms with E-state index in [0.29, 0.717) is 5.56 Å². The second kappa shape index (κ2) is 5.67. The van der Waals surface area contributed by atoms with E-state index in [4.69, 9.17) is 10.9 Å². The van der Waals surface area contributed by atoms with Crippen molar-refractivity contribution in [1.82, 2.24) is 9.88 Å². The van der Waals surface area contributed by atoms with E-state index >= 15 is 0 Å². The first-order valence-electron chi connectivity index (χ1n) is 5.00. The quantitative estimate of drug-likeness (QED) is 0.370. The molecule has 3 N–H and O–H groups in total. The van der Waals surface area contributed by atoms with Gasteiger partial charge in [0.2, 0.25) is 0 Å². The standard InChI is InChI=1S/C10H13F3N4O/c1-17(6-10(11,12)13)5-7-3-2-4-15-8(7)9(14)16-18/h2-4,18H,5-6H2,1H3,(H2,14,16). The molecule has 1 rings (SSSR count). The molecule has 1 heterocycles. The van der Waals surface area contributed by atoms with E-state index in [9.17, 15) is 13.2 Å². The topological polar surface area (TPSA) is 74.7 Å². The fraction of sp³-hybridized carbons (Fsp3) is 0.400. The monoisotopic (exact) mass is 262 g/mol. The van der Waals surface area contributed by atoms with Crippen molar-refractivity contribution in [2.24, 2.45) is 10.9 Å². The molecule has 0 saturated heterocycles. The molecule has 0 amide bonds. The van der Waals surface area contributed by atoms with Crippen LogP contribution < -0.4 is 5.73 Å². The molecule has 0 spiro atoms. The minimum atomic E-state index is -4.27. The Morgan fingerprint density at radius 3 is 2.78 bits per heavy atom. The Kier molecular flexibility index (Phi) is 4.49. The predicted octanol–water partition coefficient (Wildman–Crippen LogP) is 1.17. The molecule has 0 fully saturated rings. The zero-order chi connectivity index (χ0) is 13.8. The molecule has 18 heavy (non-hydrogen) atoms. The van der Waals surface area contributed by atoms with Crippen LogP contribution in [-0.4, -0.2) is 40.7 Å². The van der Waals surface area contributed by atoms with Gasteiger partial charge in [-0.25, -0.2) is 0 Å². The van der Waals surface area contributed by atoms with Crippen LogP contribution in [0, 0.1) is 0 Å². The van der Waals surface area contributed by atoms with Crippen molar-refractivity contribution >= 4 is 5.84 Å². The number of oxime groups is 1. The number of hydrogen-bond acceptors (Lipinski definition) is 4. The fourth-order valence-electron chi connectivity index (χ4n) is 1.50. The van der Waals surface area contributed by atoms with Crippen LogP contribution in [0.2, 0.25) is 0 Å². The maximum Gasteiger partial charge on any atom is 0.401 e. The van der Waals surface area contributed by atoms with E-state index in [0.717, 1.165) is 4.90 Å². The molecule has 0 aliphatic heterocycles. The lowest BCUT2D eigenvalue weighted by Crippen LogP contribution is -2.31. The average Bonchev–Trinajstić information content (AvgIpc) is 2.26. The van der Waals surface area contributed by atoms with Crippen molar-refractivity contribution < 1.29 is 18.4 Å². The summed E-state index contributed by atoms with van der Waals surface area (Å²) >= 11 is 0. The Labute approximate surface area is 102 Å². The molecule has 0 radical (unpaired) electrons.